The zero-order valence-corrected chi connectivity index (χ0v) is 13.2. The SMILES string of the molecule is CCCCCCN1C(=O)C(C)(C)Oc2ccc(CO)cc21. The van der Waals surface area contributed by atoms with Gasteiger partial charge in [0.25, 0.3) is 5.91 Å². The van der Waals surface area contributed by atoms with Crippen LogP contribution in [-0.2, 0) is 11.4 Å². The molecule has 0 aliphatic carbocycles. The van der Waals surface area contributed by atoms with Crippen LogP contribution in [-0.4, -0.2) is 23.2 Å². The number of fused-ring (bicyclic) bond motifs is 1. The number of aliphatic hydroxyl groups is 1. The molecule has 0 bridgehead atoms. The van der Waals surface area contributed by atoms with Crippen molar-refractivity contribution in [3.63, 3.8) is 0 Å². The highest BCUT2D eigenvalue weighted by Gasteiger charge is 2.40. The summed E-state index contributed by atoms with van der Waals surface area (Å²) in [6, 6.07) is 5.52. The van der Waals surface area contributed by atoms with Gasteiger partial charge in [0, 0.05) is 6.54 Å². The van der Waals surface area contributed by atoms with Crippen LogP contribution in [0.3, 0.4) is 0 Å². The van der Waals surface area contributed by atoms with E-state index in [0.29, 0.717) is 12.3 Å². The smallest absolute Gasteiger partial charge is 0.270 e. The van der Waals surface area contributed by atoms with Gasteiger partial charge < -0.3 is 14.7 Å². The van der Waals surface area contributed by atoms with Gasteiger partial charge in [-0.25, -0.2) is 0 Å². The molecule has 0 fully saturated rings. The second-order valence-corrected chi connectivity index (χ2v) is 6.09. The lowest BCUT2D eigenvalue weighted by Gasteiger charge is -2.39. The summed E-state index contributed by atoms with van der Waals surface area (Å²) in [6.45, 7) is 6.45. The molecule has 0 aromatic heterocycles. The van der Waals surface area contributed by atoms with Crippen molar-refractivity contribution < 1.29 is 14.6 Å². The van der Waals surface area contributed by atoms with E-state index in [1.165, 1.54) is 12.8 Å². The standard InChI is InChI=1S/C17H25NO3/c1-4-5-6-7-10-18-14-11-13(12-19)8-9-15(14)21-17(2,3)16(18)20/h8-9,11,19H,4-7,10,12H2,1-3H3. The molecule has 1 N–H and O–H groups in total. The van der Waals surface area contributed by atoms with Crippen LogP contribution in [0.2, 0.25) is 0 Å². The van der Waals surface area contributed by atoms with Gasteiger partial charge in [0.1, 0.15) is 5.75 Å². The number of carbonyl (C=O) groups excluding carboxylic acids is 1. The van der Waals surface area contributed by atoms with Crippen LogP contribution in [0.5, 0.6) is 5.75 Å². The zero-order valence-electron chi connectivity index (χ0n) is 13.2. The third kappa shape index (κ3) is 3.38. The number of carbonyl (C=O) groups is 1. The van der Waals surface area contributed by atoms with E-state index in [9.17, 15) is 9.90 Å². The number of unbranched alkanes of at least 4 members (excludes halogenated alkanes) is 3. The van der Waals surface area contributed by atoms with Gasteiger partial charge in [0.05, 0.1) is 12.3 Å². The Morgan fingerprint density at radius 3 is 2.67 bits per heavy atom. The van der Waals surface area contributed by atoms with Crippen molar-refractivity contribution in [2.75, 3.05) is 11.4 Å². The Morgan fingerprint density at radius 2 is 2.00 bits per heavy atom. The maximum absolute atomic E-state index is 12.6. The fourth-order valence-corrected chi connectivity index (χ4v) is 2.63. The van der Waals surface area contributed by atoms with E-state index in [1.54, 1.807) is 13.8 Å². The number of rotatable bonds is 6. The van der Waals surface area contributed by atoms with Gasteiger partial charge in [-0.1, -0.05) is 32.3 Å². The van der Waals surface area contributed by atoms with Gasteiger partial charge in [-0.15, -0.1) is 0 Å². The molecule has 0 radical (unpaired) electrons. The van der Waals surface area contributed by atoms with E-state index in [1.807, 2.05) is 23.1 Å². The van der Waals surface area contributed by atoms with Gasteiger partial charge >= 0.3 is 0 Å². The molecule has 1 heterocycles. The lowest BCUT2D eigenvalue weighted by molar-refractivity contribution is -0.132. The molecular weight excluding hydrogens is 266 g/mol. The predicted octanol–water partition coefficient (Wildman–Crippen LogP) is 3.26. The normalized spacial score (nSPS) is 16.6. The third-order valence-electron chi connectivity index (χ3n) is 3.86. The van der Waals surface area contributed by atoms with Crippen LogP contribution >= 0.6 is 0 Å². The van der Waals surface area contributed by atoms with E-state index < -0.39 is 5.60 Å². The van der Waals surface area contributed by atoms with Crippen molar-refractivity contribution in [2.24, 2.45) is 0 Å². The highest BCUT2D eigenvalue weighted by atomic mass is 16.5. The first-order valence-corrected chi connectivity index (χ1v) is 7.74. The first-order valence-electron chi connectivity index (χ1n) is 7.74. The molecule has 0 atom stereocenters. The zero-order chi connectivity index (χ0) is 15.5. The molecule has 1 aromatic carbocycles. The van der Waals surface area contributed by atoms with E-state index >= 15 is 0 Å². The average molecular weight is 291 g/mol. The van der Waals surface area contributed by atoms with Crippen molar-refractivity contribution >= 4 is 11.6 Å². The van der Waals surface area contributed by atoms with Gasteiger partial charge in [-0.2, -0.15) is 0 Å². The number of hydrogen-bond acceptors (Lipinski definition) is 3. The molecule has 4 heteroatoms. The van der Waals surface area contributed by atoms with E-state index in [-0.39, 0.29) is 12.5 Å². The molecule has 116 valence electrons. The highest BCUT2D eigenvalue weighted by Crippen LogP contribution is 2.38. The molecule has 21 heavy (non-hydrogen) atoms. The molecule has 0 saturated heterocycles. The summed E-state index contributed by atoms with van der Waals surface area (Å²) in [5.74, 6) is 0.703. The van der Waals surface area contributed by atoms with E-state index in [0.717, 1.165) is 24.1 Å². The molecule has 2 rings (SSSR count). The number of nitrogens with zero attached hydrogens (tertiary/aromatic N) is 1. The lowest BCUT2D eigenvalue weighted by Crippen LogP contribution is -2.52. The van der Waals surface area contributed by atoms with E-state index in [4.69, 9.17) is 4.74 Å². The van der Waals surface area contributed by atoms with Gasteiger partial charge in [0.2, 0.25) is 0 Å². The minimum absolute atomic E-state index is 0.0124. The Labute approximate surface area is 126 Å². The first-order chi connectivity index (χ1) is 9.99. The summed E-state index contributed by atoms with van der Waals surface area (Å²) < 4.78 is 5.82. The summed E-state index contributed by atoms with van der Waals surface area (Å²) in [5, 5.41) is 9.30. The van der Waals surface area contributed by atoms with Crippen LogP contribution in [0.1, 0.15) is 52.0 Å². The topological polar surface area (TPSA) is 49.8 Å². The Morgan fingerprint density at radius 1 is 1.24 bits per heavy atom. The van der Waals surface area contributed by atoms with Crippen LogP contribution in [0.15, 0.2) is 18.2 Å². The van der Waals surface area contributed by atoms with Crippen molar-refractivity contribution in [1.82, 2.24) is 0 Å². The van der Waals surface area contributed by atoms with Gasteiger partial charge in [0.15, 0.2) is 5.60 Å². The summed E-state index contributed by atoms with van der Waals surface area (Å²) in [5.41, 5.74) is 0.740. The molecule has 4 nitrogen and oxygen atoms in total. The molecule has 1 aliphatic heterocycles. The fourth-order valence-electron chi connectivity index (χ4n) is 2.63. The quantitative estimate of drug-likeness (QED) is 0.818. The summed E-state index contributed by atoms with van der Waals surface area (Å²) in [6.07, 6.45) is 4.47. The summed E-state index contributed by atoms with van der Waals surface area (Å²) in [4.78, 5) is 14.4. The maximum atomic E-state index is 12.6. The molecule has 0 unspecified atom stereocenters. The monoisotopic (exact) mass is 291 g/mol. The minimum atomic E-state index is -0.835. The van der Waals surface area contributed by atoms with E-state index in [2.05, 4.69) is 6.92 Å². The Kier molecular flexibility index (Phi) is 4.88. The minimum Gasteiger partial charge on any atom is -0.476 e. The number of ether oxygens (including phenoxy) is 1. The van der Waals surface area contributed by atoms with Crippen molar-refractivity contribution in [2.45, 2.75) is 58.7 Å². The second kappa shape index (κ2) is 6.48. The molecular formula is C17H25NO3. The lowest BCUT2D eigenvalue weighted by atomic mass is 10.0. The van der Waals surface area contributed by atoms with Crippen molar-refractivity contribution in [3.05, 3.63) is 23.8 Å². The number of anilines is 1. The Hall–Kier alpha value is -1.55. The summed E-state index contributed by atoms with van der Waals surface area (Å²) in [7, 11) is 0. The number of amides is 1. The largest absolute Gasteiger partial charge is 0.476 e. The molecule has 1 amide bonds. The van der Waals surface area contributed by atoms with Crippen LogP contribution in [0.25, 0.3) is 0 Å². The first kappa shape index (κ1) is 15.8. The fraction of sp³-hybridized carbons (Fsp3) is 0.588. The van der Waals surface area contributed by atoms with Gasteiger partial charge in [-0.3, -0.25) is 4.79 Å². The van der Waals surface area contributed by atoms with Crippen LogP contribution in [0.4, 0.5) is 5.69 Å². The molecule has 1 aliphatic rings. The van der Waals surface area contributed by atoms with Crippen LogP contribution in [0, 0.1) is 0 Å². The van der Waals surface area contributed by atoms with Gasteiger partial charge in [-0.05, 0) is 38.0 Å². The Bertz CT molecular complexity index is 511. The van der Waals surface area contributed by atoms with Crippen molar-refractivity contribution in [3.8, 4) is 5.75 Å². The summed E-state index contributed by atoms with van der Waals surface area (Å²) >= 11 is 0. The third-order valence-corrected chi connectivity index (χ3v) is 3.86. The molecule has 0 saturated carbocycles. The number of hydrogen-bond donors (Lipinski definition) is 1. The Balaban J connectivity index is 2.26. The number of aliphatic hydroxyl groups excluding tert-OH is 1. The van der Waals surface area contributed by atoms with Crippen molar-refractivity contribution in [1.29, 1.82) is 0 Å². The maximum Gasteiger partial charge on any atom is 0.270 e. The highest BCUT2D eigenvalue weighted by molar-refractivity contribution is 6.02. The molecule has 0 spiro atoms. The predicted molar refractivity (Wildman–Crippen MR) is 83.6 cm³/mol. The van der Waals surface area contributed by atoms with Crippen LogP contribution < -0.4 is 9.64 Å². The average Bonchev–Trinajstić information content (AvgIpc) is 2.46. The number of benzene rings is 1. The second-order valence-electron chi connectivity index (χ2n) is 6.09. The molecule has 1 aromatic rings.